The van der Waals surface area contributed by atoms with Gasteiger partial charge in [0.25, 0.3) is 0 Å². The Bertz CT molecular complexity index is 1370. The molecule has 0 aliphatic carbocycles. The van der Waals surface area contributed by atoms with Gasteiger partial charge in [0.1, 0.15) is 13.2 Å². The van der Waals surface area contributed by atoms with Gasteiger partial charge in [-0.05, 0) is 71.8 Å². The number of hydrogen-bond acceptors (Lipinski definition) is 8. The molecule has 4 rings (SSSR count). The van der Waals surface area contributed by atoms with Gasteiger partial charge in [-0.2, -0.15) is 11.3 Å². The predicted octanol–water partition coefficient (Wildman–Crippen LogP) is 5.24. The number of halogens is 1. The molecule has 2 aromatic carbocycles. The van der Waals surface area contributed by atoms with Crippen LogP contribution in [0.15, 0.2) is 82.4 Å². The zero-order valence-electron chi connectivity index (χ0n) is 24.5. The van der Waals surface area contributed by atoms with Gasteiger partial charge >= 0.3 is 12.1 Å². The maximum Gasteiger partial charge on any atom is 0.410 e. The molecule has 1 aliphatic heterocycles. The van der Waals surface area contributed by atoms with Crippen LogP contribution in [0.2, 0.25) is 0 Å². The number of methoxy groups -OCH3 is 1. The van der Waals surface area contributed by atoms with E-state index < -0.39 is 22.1 Å². The Morgan fingerprint density at radius 2 is 1.67 bits per heavy atom. The Morgan fingerprint density at radius 1 is 1.02 bits per heavy atom. The van der Waals surface area contributed by atoms with Crippen molar-refractivity contribution in [3.8, 4) is 0 Å². The Hall–Kier alpha value is -2.96. The van der Waals surface area contributed by atoms with Gasteiger partial charge < -0.3 is 14.4 Å². The number of sulfonamides is 1. The summed E-state index contributed by atoms with van der Waals surface area (Å²) in [7, 11) is -0.643. The molecule has 2 heterocycles. The van der Waals surface area contributed by atoms with Crippen LogP contribution in [0.25, 0.3) is 0 Å². The summed E-state index contributed by atoms with van der Waals surface area (Å²) >= 11 is 1.61. The lowest BCUT2D eigenvalue weighted by atomic mass is 9.97. The lowest BCUT2D eigenvalue weighted by molar-refractivity contribution is -0.142. The molecule has 1 unspecified atom stereocenters. The summed E-state index contributed by atoms with van der Waals surface area (Å²) in [4.78, 5) is 29.2. The molecule has 1 fully saturated rings. The van der Waals surface area contributed by atoms with Gasteiger partial charge in [0.2, 0.25) is 10.0 Å². The van der Waals surface area contributed by atoms with Crippen LogP contribution in [0.1, 0.15) is 36.3 Å². The molecule has 43 heavy (non-hydrogen) atoms. The van der Waals surface area contributed by atoms with Crippen LogP contribution >= 0.6 is 23.7 Å². The molecule has 1 aliphatic rings. The number of piperidine rings is 1. The van der Waals surface area contributed by atoms with Gasteiger partial charge in [0.05, 0.1) is 12.0 Å². The molecule has 1 atom stereocenters. The number of amides is 1. The van der Waals surface area contributed by atoms with Gasteiger partial charge in [0, 0.05) is 32.7 Å². The van der Waals surface area contributed by atoms with E-state index in [2.05, 4.69) is 16.3 Å². The SMILES string of the molecule is COC(=O)CN(C(=O)OCc1ccccc1)C1CCN(CCC(CN(C)S(=O)(=O)c2ccccc2)c2ccsc2)CC1.Cl. The first-order valence-electron chi connectivity index (χ1n) is 14.1. The van der Waals surface area contributed by atoms with Gasteiger partial charge in [-0.1, -0.05) is 48.5 Å². The standard InChI is InChI=1S/C31H39N3O6S2.ClH/c1-32(42(37,38)29-11-7-4-8-12-29)21-26(27-16-20-41-24-27)13-17-33-18-14-28(15-19-33)34(22-30(35)39-2)31(36)40-23-25-9-5-3-6-10-25;/h3-12,16,20,24,26,28H,13-15,17-19,21-23H2,1-2H3;1H. The first-order valence-corrected chi connectivity index (χ1v) is 16.5. The highest BCUT2D eigenvalue weighted by atomic mass is 35.5. The molecule has 0 bridgehead atoms. The molecular weight excluding hydrogens is 610 g/mol. The number of rotatable bonds is 13. The second-order valence-electron chi connectivity index (χ2n) is 10.5. The van der Waals surface area contributed by atoms with Gasteiger partial charge in [0.15, 0.2) is 0 Å². The largest absolute Gasteiger partial charge is 0.468 e. The summed E-state index contributed by atoms with van der Waals surface area (Å²) in [6.45, 7) is 2.66. The molecule has 0 radical (unpaired) electrons. The van der Waals surface area contributed by atoms with Crippen molar-refractivity contribution in [2.45, 2.75) is 42.7 Å². The number of nitrogens with zero attached hydrogens (tertiary/aromatic N) is 3. The van der Waals surface area contributed by atoms with E-state index in [1.807, 2.05) is 35.7 Å². The summed E-state index contributed by atoms with van der Waals surface area (Å²) < 4.78 is 38.2. The van der Waals surface area contributed by atoms with Crippen molar-refractivity contribution in [1.29, 1.82) is 0 Å². The molecule has 1 aromatic heterocycles. The van der Waals surface area contributed by atoms with Crippen LogP contribution in [0.3, 0.4) is 0 Å². The smallest absolute Gasteiger partial charge is 0.410 e. The number of carbonyl (C=O) groups is 2. The Balaban J connectivity index is 0.00000506. The Labute approximate surface area is 264 Å². The maximum absolute atomic E-state index is 13.2. The molecule has 1 saturated heterocycles. The zero-order chi connectivity index (χ0) is 30.0. The Kier molecular flexibility index (Phi) is 13.5. The zero-order valence-corrected chi connectivity index (χ0v) is 27.0. The number of ether oxygens (including phenoxy) is 2. The van der Waals surface area contributed by atoms with Crippen molar-refractivity contribution in [1.82, 2.24) is 14.1 Å². The van der Waals surface area contributed by atoms with E-state index >= 15 is 0 Å². The van der Waals surface area contributed by atoms with Crippen LogP contribution in [0, 0.1) is 0 Å². The maximum atomic E-state index is 13.2. The van der Waals surface area contributed by atoms with Crippen molar-refractivity contribution < 1.29 is 27.5 Å². The predicted molar refractivity (Wildman–Crippen MR) is 170 cm³/mol. The number of likely N-dealkylation sites (tertiary alicyclic amines) is 1. The summed E-state index contributed by atoms with van der Waals surface area (Å²) in [5.41, 5.74) is 2.01. The first-order chi connectivity index (χ1) is 20.3. The molecule has 9 nitrogen and oxygen atoms in total. The average Bonchev–Trinajstić information content (AvgIpc) is 3.57. The van der Waals surface area contributed by atoms with Gasteiger partial charge in [-0.25, -0.2) is 17.5 Å². The van der Waals surface area contributed by atoms with E-state index in [0.29, 0.717) is 19.4 Å². The number of likely N-dealkylation sites (N-methyl/N-ethyl adjacent to an activating group) is 1. The lowest BCUT2D eigenvalue weighted by Crippen LogP contribution is -2.49. The lowest BCUT2D eigenvalue weighted by Gasteiger charge is -2.38. The highest BCUT2D eigenvalue weighted by molar-refractivity contribution is 7.89. The van der Waals surface area contributed by atoms with Crippen molar-refractivity contribution in [3.05, 3.63) is 88.6 Å². The molecule has 0 N–H and O–H groups in total. The van der Waals surface area contributed by atoms with Crippen molar-refractivity contribution in [2.24, 2.45) is 0 Å². The summed E-state index contributed by atoms with van der Waals surface area (Å²) in [5.74, 6) is -0.441. The van der Waals surface area contributed by atoms with E-state index in [1.165, 1.54) is 16.3 Å². The highest BCUT2D eigenvalue weighted by Crippen LogP contribution is 2.27. The monoisotopic (exact) mass is 649 g/mol. The van der Waals surface area contributed by atoms with Crippen LogP contribution in [0.5, 0.6) is 0 Å². The molecule has 3 aromatic rings. The van der Waals surface area contributed by atoms with Crippen LogP contribution in [-0.2, 0) is 30.9 Å². The number of thiophene rings is 1. The number of benzene rings is 2. The van der Waals surface area contributed by atoms with Crippen molar-refractivity contribution in [2.75, 3.05) is 46.9 Å². The normalized spacial score (nSPS) is 15.0. The molecule has 1 amide bonds. The van der Waals surface area contributed by atoms with Crippen molar-refractivity contribution >= 4 is 45.8 Å². The summed E-state index contributed by atoms with van der Waals surface area (Å²) in [6.07, 6.45) is 1.66. The van der Waals surface area contributed by atoms with Crippen LogP contribution in [-0.4, -0.2) is 87.5 Å². The first kappa shape index (κ1) is 34.5. The fourth-order valence-electron chi connectivity index (χ4n) is 5.19. The molecule has 12 heteroatoms. The van der Waals surface area contributed by atoms with Gasteiger partial charge in [-0.3, -0.25) is 9.69 Å². The molecular formula is C31H40ClN3O6S2. The Morgan fingerprint density at radius 3 is 2.28 bits per heavy atom. The third-order valence-corrected chi connectivity index (χ3v) is 10.2. The molecule has 0 spiro atoms. The third-order valence-electron chi connectivity index (χ3n) is 7.70. The van der Waals surface area contributed by atoms with E-state index in [4.69, 9.17) is 9.47 Å². The van der Waals surface area contributed by atoms with E-state index in [1.54, 1.807) is 48.7 Å². The average molecular weight is 650 g/mol. The minimum Gasteiger partial charge on any atom is -0.468 e. The third kappa shape index (κ3) is 9.77. The topological polar surface area (TPSA) is 96.5 Å². The van der Waals surface area contributed by atoms with E-state index in [-0.39, 0.29) is 42.4 Å². The second-order valence-corrected chi connectivity index (χ2v) is 13.3. The van der Waals surface area contributed by atoms with E-state index in [0.717, 1.165) is 37.2 Å². The van der Waals surface area contributed by atoms with E-state index in [9.17, 15) is 18.0 Å². The highest BCUT2D eigenvalue weighted by Gasteiger charge is 2.31. The fourth-order valence-corrected chi connectivity index (χ4v) is 7.17. The van der Waals surface area contributed by atoms with Crippen LogP contribution < -0.4 is 0 Å². The number of hydrogen-bond donors (Lipinski definition) is 0. The number of carbonyl (C=O) groups excluding carboxylic acids is 2. The quantitative estimate of drug-likeness (QED) is 0.234. The van der Waals surface area contributed by atoms with Crippen molar-refractivity contribution in [3.63, 3.8) is 0 Å². The van der Waals surface area contributed by atoms with Crippen LogP contribution in [0.4, 0.5) is 4.79 Å². The fraction of sp³-hybridized carbons (Fsp3) is 0.419. The minimum atomic E-state index is -3.59. The minimum absolute atomic E-state index is 0. The summed E-state index contributed by atoms with van der Waals surface area (Å²) in [5, 5.41) is 4.11. The molecule has 234 valence electrons. The summed E-state index contributed by atoms with van der Waals surface area (Å²) in [6, 6.07) is 19.9. The molecule has 0 saturated carbocycles. The number of esters is 1. The second kappa shape index (κ2) is 16.8. The van der Waals surface area contributed by atoms with Gasteiger partial charge in [-0.15, -0.1) is 12.4 Å².